The van der Waals surface area contributed by atoms with Gasteiger partial charge in [-0.25, -0.2) is 0 Å². The van der Waals surface area contributed by atoms with Crippen LogP contribution in [0.25, 0.3) is 0 Å². The van der Waals surface area contributed by atoms with Crippen molar-refractivity contribution in [1.29, 1.82) is 0 Å². The molecule has 0 aliphatic rings. The zero-order valence-corrected chi connectivity index (χ0v) is 7.20. The molecule has 0 heterocycles. The lowest BCUT2D eigenvalue weighted by atomic mass is 9.99. The zero-order valence-electron chi connectivity index (χ0n) is 6.45. The number of carbonyl (C=O) groups excluding carboxylic acids is 2. The Morgan fingerprint density at radius 1 is 1.29 bits per heavy atom. The van der Waals surface area contributed by atoms with Crippen molar-refractivity contribution in [3.05, 3.63) is 0 Å². The second-order valence-electron chi connectivity index (χ2n) is 2.38. The third kappa shape index (κ3) is 2.63. The highest BCUT2D eigenvalue weighted by Crippen LogP contribution is 2.43. The van der Waals surface area contributed by atoms with Crippen LogP contribution >= 0.6 is 11.6 Å². The van der Waals surface area contributed by atoms with Crippen LogP contribution in [-0.2, 0) is 9.59 Å². The average molecular weight is 239 g/mol. The van der Waals surface area contributed by atoms with Crippen LogP contribution < -0.4 is 0 Å². The number of halogens is 6. The molecule has 0 radical (unpaired) electrons. The topological polar surface area (TPSA) is 34.1 Å². The second-order valence-corrected chi connectivity index (χ2v) is 2.75. The van der Waals surface area contributed by atoms with Gasteiger partial charge >= 0.3 is 12.1 Å². The van der Waals surface area contributed by atoms with Crippen molar-refractivity contribution in [3.63, 3.8) is 0 Å². The Balaban J connectivity index is 4.99. The quantitative estimate of drug-likeness (QED) is 0.427. The summed E-state index contributed by atoms with van der Waals surface area (Å²) in [7, 11) is 0. The van der Waals surface area contributed by atoms with Gasteiger partial charge in [-0.1, -0.05) is 0 Å². The minimum absolute atomic E-state index is 0.218. The summed E-state index contributed by atoms with van der Waals surface area (Å²) in [4.78, 5) is 20.0. The molecule has 82 valence electrons. The highest BCUT2D eigenvalue weighted by atomic mass is 35.5. The molecule has 0 aromatic rings. The number of alkyl halides is 5. The smallest absolute Gasteiger partial charge is 0.303 e. The number of carbonyl (C=O) groups is 2. The van der Waals surface area contributed by atoms with E-state index >= 15 is 0 Å². The van der Waals surface area contributed by atoms with E-state index in [-0.39, 0.29) is 6.29 Å². The number of hydrogen-bond donors (Lipinski definition) is 0. The van der Waals surface area contributed by atoms with E-state index in [2.05, 4.69) is 11.6 Å². The first-order chi connectivity index (χ1) is 6.14. The van der Waals surface area contributed by atoms with Crippen LogP contribution in [0.4, 0.5) is 22.0 Å². The van der Waals surface area contributed by atoms with E-state index in [1.165, 1.54) is 0 Å². The molecule has 0 aromatic heterocycles. The van der Waals surface area contributed by atoms with Gasteiger partial charge in [0, 0.05) is 6.42 Å². The lowest BCUT2D eigenvalue weighted by Crippen LogP contribution is -2.46. The van der Waals surface area contributed by atoms with Crippen molar-refractivity contribution in [2.24, 2.45) is 5.92 Å². The fourth-order valence-corrected chi connectivity index (χ4v) is 0.903. The summed E-state index contributed by atoms with van der Waals surface area (Å²) in [5, 5.41) is -1.89. The third-order valence-corrected chi connectivity index (χ3v) is 1.68. The number of rotatable bonds is 4. The summed E-state index contributed by atoms with van der Waals surface area (Å²) in [6.45, 7) is 0. The van der Waals surface area contributed by atoms with Gasteiger partial charge in [-0.3, -0.25) is 4.79 Å². The Hall–Kier alpha value is -0.720. The van der Waals surface area contributed by atoms with Gasteiger partial charge < -0.3 is 4.79 Å². The van der Waals surface area contributed by atoms with Crippen LogP contribution in [0.5, 0.6) is 0 Å². The van der Waals surface area contributed by atoms with E-state index in [0.29, 0.717) is 0 Å². The Kier molecular flexibility index (Phi) is 3.99. The summed E-state index contributed by atoms with van der Waals surface area (Å²) >= 11 is 4.54. The van der Waals surface area contributed by atoms with Crippen LogP contribution in [-0.4, -0.2) is 23.6 Å². The van der Waals surface area contributed by atoms with Gasteiger partial charge in [0.15, 0.2) is 0 Å². The highest BCUT2D eigenvalue weighted by molar-refractivity contribution is 6.64. The molecule has 0 aliphatic heterocycles. The molecule has 2 nitrogen and oxygen atoms in total. The van der Waals surface area contributed by atoms with E-state index in [4.69, 9.17) is 0 Å². The van der Waals surface area contributed by atoms with Crippen LogP contribution in [0.2, 0.25) is 0 Å². The molecule has 1 unspecified atom stereocenters. The van der Waals surface area contributed by atoms with Crippen LogP contribution in [0.3, 0.4) is 0 Å². The molecule has 8 heteroatoms. The molecule has 0 amide bonds. The van der Waals surface area contributed by atoms with Gasteiger partial charge in [-0.05, 0) is 11.6 Å². The first-order valence-electron chi connectivity index (χ1n) is 3.22. The maximum Gasteiger partial charge on any atom is 0.454 e. The van der Waals surface area contributed by atoms with Crippen molar-refractivity contribution in [2.75, 3.05) is 0 Å². The van der Waals surface area contributed by atoms with Crippen molar-refractivity contribution in [2.45, 2.75) is 18.5 Å². The number of aldehydes is 1. The molecule has 0 fully saturated rings. The zero-order chi connectivity index (χ0) is 11.6. The lowest BCUT2D eigenvalue weighted by Gasteiger charge is -2.24. The maximum atomic E-state index is 12.4. The molecular weight excluding hydrogens is 235 g/mol. The van der Waals surface area contributed by atoms with E-state index in [1.54, 1.807) is 0 Å². The predicted octanol–water partition coefficient (Wildman–Crippen LogP) is 2.15. The molecule has 0 saturated heterocycles. The highest BCUT2D eigenvalue weighted by Gasteiger charge is 2.63. The molecule has 0 bridgehead atoms. The molecule has 0 N–H and O–H groups in total. The van der Waals surface area contributed by atoms with E-state index in [1.807, 2.05) is 0 Å². The SMILES string of the molecule is O=CCC(C(=O)Cl)C(F)(F)C(F)(F)F. The summed E-state index contributed by atoms with van der Waals surface area (Å²) in [5.74, 6) is -8.14. The normalized spacial score (nSPS) is 15.0. The fraction of sp³-hybridized carbons (Fsp3) is 0.667. The van der Waals surface area contributed by atoms with E-state index in [0.717, 1.165) is 0 Å². The molecule has 0 aromatic carbocycles. The molecule has 0 spiro atoms. The summed E-state index contributed by atoms with van der Waals surface area (Å²) < 4.78 is 60.0. The molecule has 0 aliphatic carbocycles. The molecule has 0 rings (SSSR count). The first kappa shape index (κ1) is 13.3. The van der Waals surface area contributed by atoms with Crippen LogP contribution in [0, 0.1) is 5.92 Å². The molecular formula is C6H4ClF5O2. The summed E-state index contributed by atoms with van der Waals surface area (Å²) in [5.41, 5.74) is 0. The standard InChI is InChI=1S/C6H4ClF5O2/c7-4(14)3(1-2-13)5(8,9)6(10,11)12/h2-3H,1H2. The lowest BCUT2D eigenvalue weighted by molar-refractivity contribution is -0.297. The summed E-state index contributed by atoms with van der Waals surface area (Å²) in [6.07, 6.45) is -7.38. The minimum atomic E-state index is -5.90. The first-order valence-corrected chi connectivity index (χ1v) is 3.60. The maximum absolute atomic E-state index is 12.4. The van der Waals surface area contributed by atoms with Gasteiger partial charge in [0.25, 0.3) is 0 Å². The van der Waals surface area contributed by atoms with Gasteiger partial charge in [0.05, 0.1) is 0 Å². The van der Waals surface area contributed by atoms with Crippen molar-refractivity contribution >= 4 is 23.1 Å². The second kappa shape index (κ2) is 4.20. The Morgan fingerprint density at radius 3 is 1.93 bits per heavy atom. The Bertz CT molecular complexity index is 237. The fourth-order valence-electron chi connectivity index (χ4n) is 0.677. The van der Waals surface area contributed by atoms with Gasteiger partial charge in [-0.15, -0.1) is 0 Å². The van der Waals surface area contributed by atoms with Gasteiger partial charge in [-0.2, -0.15) is 22.0 Å². The van der Waals surface area contributed by atoms with E-state index in [9.17, 15) is 31.5 Å². The van der Waals surface area contributed by atoms with E-state index < -0.39 is 29.7 Å². The van der Waals surface area contributed by atoms with Crippen molar-refractivity contribution in [3.8, 4) is 0 Å². The Labute approximate surface area is 80.0 Å². The average Bonchev–Trinajstić information content (AvgIpc) is 1.96. The van der Waals surface area contributed by atoms with Crippen molar-refractivity contribution in [1.82, 2.24) is 0 Å². The molecule has 14 heavy (non-hydrogen) atoms. The Morgan fingerprint density at radius 2 is 1.71 bits per heavy atom. The van der Waals surface area contributed by atoms with Crippen LogP contribution in [0.15, 0.2) is 0 Å². The van der Waals surface area contributed by atoms with Crippen LogP contribution in [0.1, 0.15) is 6.42 Å². The van der Waals surface area contributed by atoms with Gasteiger partial charge in [0.2, 0.25) is 5.24 Å². The van der Waals surface area contributed by atoms with Crippen molar-refractivity contribution < 1.29 is 31.5 Å². The monoisotopic (exact) mass is 238 g/mol. The minimum Gasteiger partial charge on any atom is -0.303 e. The third-order valence-electron chi connectivity index (χ3n) is 1.42. The summed E-state index contributed by atoms with van der Waals surface area (Å²) in [6, 6.07) is 0. The molecule has 1 atom stereocenters. The molecule has 0 saturated carbocycles. The van der Waals surface area contributed by atoms with Gasteiger partial charge in [0.1, 0.15) is 12.2 Å². The number of hydrogen-bond acceptors (Lipinski definition) is 2. The largest absolute Gasteiger partial charge is 0.454 e. The predicted molar refractivity (Wildman–Crippen MR) is 36.0 cm³/mol.